The molecule has 1 aromatic heterocycles. The third-order valence-corrected chi connectivity index (χ3v) is 5.59. The Morgan fingerprint density at radius 1 is 1.24 bits per heavy atom. The summed E-state index contributed by atoms with van der Waals surface area (Å²) in [5.41, 5.74) is 2.94. The third-order valence-electron chi connectivity index (χ3n) is 5.59. The van der Waals surface area contributed by atoms with Crippen LogP contribution >= 0.6 is 0 Å². The zero-order valence-electron chi connectivity index (χ0n) is 14.8. The van der Waals surface area contributed by atoms with Crippen LogP contribution < -0.4 is 5.32 Å². The predicted molar refractivity (Wildman–Crippen MR) is 93.0 cm³/mol. The molecule has 1 saturated carbocycles. The van der Waals surface area contributed by atoms with Crippen molar-refractivity contribution in [3.63, 3.8) is 0 Å². The van der Waals surface area contributed by atoms with E-state index in [9.17, 15) is 4.79 Å². The predicted octanol–water partition coefficient (Wildman–Crippen LogP) is 2.47. The highest BCUT2D eigenvalue weighted by molar-refractivity contribution is 5.89. The van der Waals surface area contributed by atoms with Crippen LogP contribution in [0.25, 0.3) is 0 Å². The molecule has 1 saturated heterocycles. The molecule has 0 radical (unpaired) electrons. The van der Waals surface area contributed by atoms with Crippen LogP contribution in [0.15, 0.2) is 28.7 Å². The Balaban J connectivity index is 1.27. The van der Waals surface area contributed by atoms with Crippen LogP contribution in [0, 0.1) is 19.3 Å². The molecule has 2 aliphatic rings. The standard InChI is InChI=1S/C19H24N4O2/c1-13-3-5-15(6-4-13)12-23-9-7-19(8-10-23)11-16(19)20-17(24)18-22-21-14(2)25-18/h3-6,16H,7-12H2,1-2H3,(H,20,24). The lowest BCUT2D eigenvalue weighted by atomic mass is 9.92. The SMILES string of the molecule is Cc1ccc(CN2CCC3(CC2)CC3NC(=O)c2nnc(C)o2)cc1. The maximum Gasteiger partial charge on any atom is 0.309 e. The highest BCUT2D eigenvalue weighted by Crippen LogP contribution is 2.54. The van der Waals surface area contributed by atoms with Crippen LogP contribution in [0.2, 0.25) is 0 Å². The lowest BCUT2D eigenvalue weighted by Crippen LogP contribution is -2.38. The number of amides is 1. The molecule has 132 valence electrons. The molecule has 1 N–H and O–H groups in total. The number of aryl methyl sites for hydroxylation is 2. The van der Waals surface area contributed by atoms with Crippen LogP contribution in [0.5, 0.6) is 0 Å². The Labute approximate surface area is 147 Å². The van der Waals surface area contributed by atoms with Gasteiger partial charge in [0.1, 0.15) is 0 Å². The number of piperidine rings is 1. The number of aromatic nitrogens is 2. The van der Waals surface area contributed by atoms with Gasteiger partial charge in [0.05, 0.1) is 0 Å². The molecule has 1 atom stereocenters. The topological polar surface area (TPSA) is 71.3 Å². The molecule has 1 unspecified atom stereocenters. The smallest absolute Gasteiger partial charge is 0.309 e. The van der Waals surface area contributed by atoms with E-state index in [-0.39, 0.29) is 23.3 Å². The highest BCUT2D eigenvalue weighted by Gasteiger charge is 2.55. The highest BCUT2D eigenvalue weighted by atomic mass is 16.4. The van der Waals surface area contributed by atoms with Gasteiger partial charge in [-0.15, -0.1) is 10.2 Å². The summed E-state index contributed by atoms with van der Waals surface area (Å²) >= 11 is 0. The Hall–Kier alpha value is -2.21. The normalized spacial score (nSPS) is 22.1. The summed E-state index contributed by atoms with van der Waals surface area (Å²) in [7, 11) is 0. The minimum Gasteiger partial charge on any atom is -0.417 e. The van der Waals surface area contributed by atoms with Gasteiger partial charge in [0.2, 0.25) is 5.89 Å². The van der Waals surface area contributed by atoms with Crippen molar-refractivity contribution in [2.45, 2.75) is 45.7 Å². The van der Waals surface area contributed by atoms with Gasteiger partial charge >= 0.3 is 11.8 Å². The zero-order chi connectivity index (χ0) is 17.4. The maximum absolute atomic E-state index is 12.1. The van der Waals surface area contributed by atoms with Gasteiger partial charge in [-0.25, -0.2) is 0 Å². The van der Waals surface area contributed by atoms with E-state index < -0.39 is 0 Å². The summed E-state index contributed by atoms with van der Waals surface area (Å²) < 4.78 is 5.20. The molecule has 1 aliphatic heterocycles. The summed E-state index contributed by atoms with van der Waals surface area (Å²) in [6.45, 7) is 6.98. The number of hydrogen-bond donors (Lipinski definition) is 1. The van der Waals surface area contributed by atoms with Crippen molar-refractivity contribution in [1.82, 2.24) is 20.4 Å². The Morgan fingerprint density at radius 2 is 1.96 bits per heavy atom. The fraction of sp³-hybridized carbons (Fsp3) is 0.526. The molecule has 2 aromatic rings. The van der Waals surface area contributed by atoms with Gasteiger partial charge in [-0.3, -0.25) is 9.69 Å². The van der Waals surface area contributed by atoms with Crippen molar-refractivity contribution >= 4 is 5.91 Å². The van der Waals surface area contributed by atoms with Gasteiger partial charge in [-0.05, 0) is 50.3 Å². The van der Waals surface area contributed by atoms with Crippen molar-refractivity contribution in [1.29, 1.82) is 0 Å². The summed E-state index contributed by atoms with van der Waals surface area (Å²) in [6, 6.07) is 9.02. The molecule has 4 rings (SSSR count). The van der Waals surface area contributed by atoms with Crippen LogP contribution in [-0.4, -0.2) is 40.1 Å². The van der Waals surface area contributed by atoms with Gasteiger partial charge in [0.15, 0.2) is 0 Å². The van der Waals surface area contributed by atoms with E-state index >= 15 is 0 Å². The van der Waals surface area contributed by atoms with Gasteiger partial charge in [-0.2, -0.15) is 0 Å². The van der Waals surface area contributed by atoms with Gasteiger partial charge < -0.3 is 9.73 Å². The lowest BCUT2D eigenvalue weighted by molar-refractivity contribution is 0.0898. The quantitative estimate of drug-likeness (QED) is 0.926. The number of carbonyl (C=O) groups excluding carboxylic acids is 1. The van der Waals surface area contributed by atoms with Crippen LogP contribution in [0.1, 0.15) is 47.0 Å². The van der Waals surface area contributed by atoms with Crippen LogP contribution in [0.3, 0.4) is 0 Å². The van der Waals surface area contributed by atoms with E-state index in [0.29, 0.717) is 5.89 Å². The summed E-state index contributed by atoms with van der Waals surface area (Å²) in [5, 5.41) is 10.6. The molecule has 0 bridgehead atoms. The van der Waals surface area contributed by atoms with Crippen molar-refractivity contribution in [2.75, 3.05) is 13.1 Å². The lowest BCUT2D eigenvalue weighted by Gasteiger charge is -2.32. The van der Waals surface area contributed by atoms with Gasteiger partial charge in [0.25, 0.3) is 0 Å². The van der Waals surface area contributed by atoms with E-state index in [1.54, 1.807) is 6.92 Å². The summed E-state index contributed by atoms with van der Waals surface area (Å²) in [6.07, 6.45) is 3.32. The van der Waals surface area contributed by atoms with Crippen molar-refractivity contribution < 1.29 is 9.21 Å². The first-order valence-electron chi connectivity index (χ1n) is 8.93. The molecule has 1 aromatic carbocycles. The second kappa shape index (κ2) is 6.26. The number of likely N-dealkylation sites (tertiary alicyclic amines) is 1. The summed E-state index contributed by atoms with van der Waals surface area (Å²) in [5.74, 6) is 0.237. The van der Waals surface area contributed by atoms with Crippen molar-refractivity contribution in [3.05, 3.63) is 47.2 Å². The molecule has 25 heavy (non-hydrogen) atoms. The number of nitrogens with one attached hydrogen (secondary N) is 1. The first-order chi connectivity index (χ1) is 12.0. The van der Waals surface area contributed by atoms with E-state index in [0.717, 1.165) is 38.9 Å². The fourth-order valence-corrected chi connectivity index (χ4v) is 3.82. The molecule has 2 heterocycles. The average Bonchev–Trinajstić information content (AvgIpc) is 3.05. The largest absolute Gasteiger partial charge is 0.417 e. The number of nitrogens with zero attached hydrogens (tertiary/aromatic N) is 3. The van der Waals surface area contributed by atoms with Gasteiger partial charge in [-0.1, -0.05) is 29.8 Å². The second-order valence-electron chi connectivity index (χ2n) is 7.48. The fourth-order valence-electron chi connectivity index (χ4n) is 3.82. The van der Waals surface area contributed by atoms with Crippen molar-refractivity contribution in [2.24, 2.45) is 5.41 Å². The molecule has 2 fully saturated rings. The molecular formula is C19H24N4O2. The Morgan fingerprint density at radius 3 is 2.60 bits per heavy atom. The zero-order valence-corrected chi connectivity index (χ0v) is 14.8. The second-order valence-corrected chi connectivity index (χ2v) is 7.48. The van der Waals surface area contributed by atoms with E-state index in [2.05, 4.69) is 51.6 Å². The first-order valence-corrected chi connectivity index (χ1v) is 8.93. The minimum absolute atomic E-state index is 0.0661. The van der Waals surface area contributed by atoms with Crippen LogP contribution in [0.4, 0.5) is 0 Å². The van der Waals surface area contributed by atoms with E-state index in [4.69, 9.17) is 4.42 Å². The first kappa shape index (κ1) is 16.3. The monoisotopic (exact) mass is 340 g/mol. The number of rotatable bonds is 4. The minimum atomic E-state index is -0.246. The van der Waals surface area contributed by atoms with Crippen LogP contribution in [-0.2, 0) is 6.54 Å². The molecule has 1 aliphatic carbocycles. The number of carbonyl (C=O) groups is 1. The molecule has 1 spiro atoms. The Bertz CT molecular complexity index is 760. The summed E-state index contributed by atoms with van der Waals surface area (Å²) in [4.78, 5) is 14.7. The molecule has 1 amide bonds. The van der Waals surface area contributed by atoms with Gasteiger partial charge in [0, 0.05) is 19.5 Å². The number of hydrogen-bond acceptors (Lipinski definition) is 5. The Kier molecular flexibility index (Phi) is 4.07. The molecule has 6 nitrogen and oxygen atoms in total. The van der Waals surface area contributed by atoms with E-state index in [1.807, 2.05) is 0 Å². The average molecular weight is 340 g/mol. The number of benzene rings is 1. The maximum atomic E-state index is 12.1. The van der Waals surface area contributed by atoms with E-state index in [1.165, 1.54) is 11.1 Å². The third kappa shape index (κ3) is 3.44. The molecular weight excluding hydrogens is 316 g/mol. The molecule has 6 heteroatoms. The van der Waals surface area contributed by atoms with Crippen molar-refractivity contribution in [3.8, 4) is 0 Å².